The van der Waals surface area contributed by atoms with E-state index in [1.165, 1.54) is 7.11 Å². The molecule has 1 aromatic heterocycles. The van der Waals surface area contributed by atoms with Gasteiger partial charge in [-0.3, -0.25) is 4.79 Å². The number of nitrogens with zero attached hydrogens (tertiary/aromatic N) is 2. The first-order chi connectivity index (χ1) is 18.0. The molecule has 8 heteroatoms. The predicted molar refractivity (Wildman–Crippen MR) is 137 cm³/mol. The van der Waals surface area contributed by atoms with E-state index in [2.05, 4.69) is 0 Å². The van der Waals surface area contributed by atoms with Crippen LogP contribution in [0, 0.1) is 0 Å². The molecule has 0 spiro atoms. The largest absolute Gasteiger partial charge is 0.458 e. The highest BCUT2D eigenvalue weighted by Crippen LogP contribution is 2.36. The van der Waals surface area contributed by atoms with E-state index in [9.17, 15) is 9.59 Å². The van der Waals surface area contributed by atoms with Crippen molar-refractivity contribution in [2.45, 2.75) is 32.1 Å². The Labute approximate surface area is 215 Å². The highest BCUT2D eigenvalue weighted by molar-refractivity contribution is 6.03. The van der Waals surface area contributed by atoms with Crippen molar-refractivity contribution in [1.82, 2.24) is 9.88 Å². The normalized spacial score (nSPS) is 20.2. The summed E-state index contributed by atoms with van der Waals surface area (Å²) in [6.45, 7) is 2.40. The van der Waals surface area contributed by atoms with E-state index in [4.69, 9.17) is 24.2 Å². The number of esters is 1. The Morgan fingerprint density at radius 1 is 1.16 bits per heavy atom. The van der Waals surface area contributed by atoms with Crippen LogP contribution in [0.4, 0.5) is 0 Å². The lowest BCUT2D eigenvalue weighted by atomic mass is 9.94. The van der Waals surface area contributed by atoms with Crippen LogP contribution in [0.1, 0.15) is 30.2 Å². The van der Waals surface area contributed by atoms with Gasteiger partial charge in [0.2, 0.25) is 0 Å². The Bertz CT molecular complexity index is 1380. The minimum atomic E-state index is -1.35. The number of carbonyl (C=O) groups excluding carboxylic acids is 2. The van der Waals surface area contributed by atoms with Crippen molar-refractivity contribution in [1.29, 1.82) is 0 Å². The minimum absolute atomic E-state index is 0.127. The number of hydrogen-bond donors (Lipinski definition) is 0. The standard InChI is InChI=1S/C29H28N2O6/c1-3-29(36-18-20-9-5-4-6-10-20)16-23(19-35-28(29)33)27(32)31-17-22-15-21-11-7-8-12-24(21)30-26(22)25(31)13-14-37-34-2/h4-13,15-16H,3,14,17-19H2,1-2H3. The lowest BCUT2D eigenvalue weighted by Gasteiger charge is -2.33. The summed E-state index contributed by atoms with van der Waals surface area (Å²) < 4.78 is 11.6. The van der Waals surface area contributed by atoms with Gasteiger partial charge in [-0.1, -0.05) is 55.5 Å². The Morgan fingerprint density at radius 2 is 1.95 bits per heavy atom. The highest BCUT2D eigenvalue weighted by atomic mass is 17.2. The van der Waals surface area contributed by atoms with Crippen molar-refractivity contribution >= 4 is 28.5 Å². The molecule has 0 radical (unpaired) electrons. The quantitative estimate of drug-likeness (QED) is 0.197. The van der Waals surface area contributed by atoms with Crippen LogP contribution in [0.15, 0.2) is 78.4 Å². The van der Waals surface area contributed by atoms with Gasteiger partial charge in [-0.15, -0.1) is 0 Å². The Hall–Kier alpha value is -3.85. The van der Waals surface area contributed by atoms with Crippen molar-refractivity contribution in [2.24, 2.45) is 0 Å². The topological polar surface area (TPSA) is 87.2 Å². The highest BCUT2D eigenvalue weighted by Gasteiger charge is 2.43. The van der Waals surface area contributed by atoms with Gasteiger partial charge in [0.1, 0.15) is 13.2 Å². The van der Waals surface area contributed by atoms with Gasteiger partial charge in [-0.05, 0) is 36.3 Å². The number of ether oxygens (including phenoxy) is 2. The molecule has 0 saturated heterocycles. The van der Waals surface area contributed by atoms with Crippen molar-refractivity contribution < 1.29 is 28.8 Å². The van der Waals surface area contributed by atoms with Crippen LogP contribution < -0.4 is 0 Å². The zero-order valence-corrected chi connectivity index (χ0v) is 20.8. The summed E-state index contributed by atoms with van der Waals surface area (Å²) in [4.78, 5) is 43.0. The maximum Gasteiger partial charge on any atom is 0.342 e. The Morgan fingerprint density at radius 3 is 2.73 bits per heavy atom. The summed E-state index contributed by atoms with van der Waals surface area (Å²) in [6, 6.07) is 19.4. The number of rotatable bonds is 8. The second kappa shape index (κ2) is 10.6. The first kappa shape index (κ1) is 24.8. The van der Waals surface area contributed by atoms with Gasteiger partial charge in [0.15, 0.2) is 5.60 Å². The fourth-order valence-corrected chi connectivity index (χ4v) is 4.63. The van der Waals surface area contributed by atoms with Gasteiger partial charge < -0.3 is 14.4 Å². The first-order valence-corrected chi connectivity index (χ1v) is 12.2. The van der Waals surface area contributed by atoms with Crippen LogP contribution in [-0.2, 0) is 42.0 Å². The number of para-hydroxylation sites is 1. The zero-order chi connectivity index (χ0) is 25.8. The van der Waals surface area contributed by atoms with Gasteiger partial charge in [0.25, 0.3) is 5.91 Å². The lowest BCUT2D eigenvalue weighted by Crippen LogP contribution is -2.46. The second-order valence-electron chi connectivity index (χ2n) is 8.88. The van der Waals surface area contributed by atoms with E-state index in [1.807, 2.05) is 67.6 Å². The summed E-state index contributed by atoms with van der Waals surface area (Å²) >= 11 is 0. The molecule has 8 nitrogen and oxygen atoms in total. The molecule has 0 N–H and O–H groups in total. The Kier molecular flexibility index (Phi) is 7.14. The maximum atomic E-state index is 13.9. The number of amides is 1. The fraction of sp³-hybridized carbons (Fsp3) is 0.276. The van der Waals surface area contributed by atoms with Crippen LogP contribution in [-0.4, -0.2) is 47.7 Å². The molecule has 2 aliphatic heterocycles. The molecule has 1 unspecified atom stereocenters. The van der Waals surface area contributed by atoms with Gasteiger partial charge in [-0.2, -0.15) is 0 Å². The van der Waals surface area contributed by atoms with E-state index < -0.39 is 11.6 Å². The van der Waals surface area contributed by atoms with E-state index in [1.54, 1.807) is 17.1 Å². The third kappa shape index (κ3) is 4.91. The number of hydrogen-bond acceptors (Lipinski definition) is 7. The summed E-state index contributed by atoms with van der Waals surface area (Å²) in [5.41, 5.74) is 3.01. The smallest absolute Gasteiger partial charge is 0.342 e. The SMILES string of the molecule is CCC1(OCc2ccccc2)C=C(C(=O)N2Cc3cc4ccccc4nc3C2=CCOOC)COC1=O. The minimum Gasteiger partial charge on any atom is -0.458 e. The van der Waals surface area contributed by atoms with E-state index in [0.29, 0.717) is 29.9 Å². The first-order valence-electron chi connectivity index (χ1n) is 12.2. The predicted octanol–water partition coefficient (Wildman–Crippen LogP) is 4.34. The molecular weight excluding hydrogens is 472 g/mol. The number of aromatic nitrogens is 1. The van der Waals surface area contributed by atoms with Crippen LogP contribution in [0.3, 0.4) is 0 Å². The summed E-state index contributed by atoms with van der Waals surface area (Å²) in [7, 11) is 1.43. The van der Waals surface area contributed by atoms with Gasteiger partial charge in [0, 0.05) is 10.9 Å². The molecule has 1 atom stereocenters. The van der Waals surface area contributed by atoms with Gasteiger partial charge in [0.05, 0.1) is 42.7 Å². The summed E-state index contributed by atoms with van der Waals surface area (Å²) in [5.74, 6) is -0.774. The molecule has 3 heterocycles. The van der Waals surface area contributed by atoms with E-state index in [0.717, 1.165) is 22.0 Å². The number of fused-ring (bicyclic) bond motifs is 2. The van der Waals surface area contributed by atoms with Crippen molar-refractivity contribution in [2.75, 3.05) is 20.3 Å². The van der Waals surface area contributed by atoms with Gasteiger partial charge >= 0.3 is 5.97 Å². The Balaban J connectivity index is 1.47. The molecule has 0 fully saturated rings. The molecule has 0 bridgehead atoms. The lowest BCUT2D eigenvalue weighted by molar-refractivity contribution is -0.263. The number of benzene rings is 2. The molecule has 2 aliphatic rings. The molecule has 2 aromatic carbocycles. The molecule has 0 aliphatic carbocycles. The molecule has 5 rings (SSSR count). The third-order valence-corrected chi connectivity index (χ3v) is 6.62. The maximum absolute atomic E-state index is 13.9. The third-order valence-electron chi connectivity index (χ3n) is 6.62. The van der Waals surface area contributed by atoms with Crippen molar-refractivity contribution in [3.63, 3.8) is 0 Å². The molecule has 190 valence electrons. The van der Waals surface area contributed by atoms with Crippen LogP contribution in [0.2, 0.25) is 0 Å². The van der Waals surface area contributed by atoms with Gasteiger partial charge in [-0.25, -0.2) is 19.6 Å². The van der Waals surface area contributed by atoms with Crippen molar-refractivity contribution in [3.8, 4) is 0 Å². The number of cyclic esters (lactones) is 1. The van der Waals surface area contributed by atoms with Crippen LogP contribution >= 0.6 is 0 Å². The fourth-order valence-electron chi connectivity index (χ4n) is 4.63. The monoisotopic (exact) mass is 500 g/mol. The molecule has 0 saturated carbocycles. The molecule has 37 heavy (non-hydrogen) atoms. The zero-order valence-electron chi connectivity index (χ0n) is 20.8. The van der Waals surface area contributed by atoms with Crippen LogP contribution in [0.5, 0.6) is 0 Å². The molecule has 3 aromatic rings. The summed E-state index contributed by atoms with van der Waals surface area (Å²) in [5, 5.41) is 0.994. The molecular formula is C29H28N2O6. The average molecular weight is 501 g/mol. The average Bonchev–Trinajstić information content (AvgIpc) is 3.29. The number of pyridine rings is 1. The second-order valence-corrected chi connectivity index (χ2v) is 8.88. The summed E-state index contributed by atoms with van der Waals surface area (Å²) in [6.07, 6.45) is 3.72. The number of carbonyl (C=O) groups is 2. The van der Waals surface area contributed by atoms with E-state index in [-0.39, 0.29) is 25.7 Å². The van der Waals surface area contributed by atoms with Crippen LogP contribution in [0.25, 0.3) is 16.6 Å². The van der Waals surface area contributed by atoms with E-state index >= 15 is 0 Å². The molecule has 1 amide bonds. The van der Waals surface area contributed by atoms with Crippen molar-refractivity contribution in [3.05, 3.63) is 95.2 Å².